The molecule has 0 bridgehead atoms. The molecule has 0 saturated carbocycles. The Morgan fingerprint density at radius 1 is 0.822 bits per heavy atom. The van der Waals surface area contributed by atoms with Crippen molar-refractivity contribution in [2.45, 2.75) is 105 Å². The number of hydrogen-bond acceptors (Lipinski definition) is 4. The Bertz CT molecular complexity index is 1400. The number of rotatable bonds is 13. The van der Waals surface area contributed by atoms with E-state index >= 15 is 0 Å². The Balaban J connectivity index is 2.12. The van der Waals surface area contributed by atoms with Gasteiger partial charge >= 0.3 is 6.09 Å². The van der Waals surface area contributed by atoms with Crippen LogP contribution in [0.1, 0.15) is 88.2 Å². The highest BCUT2D eigenvalue weighted by Crippen LogP contribution is 2.31. The molecule has 0 saturated heterocycles. The van der Waals surface area contributed by atoms with Crippen LogP contribution in [-0.4, -0.2) is 40.5 Å². The van der Waals surface area contributed by atoms with Crippen LogP contribution in [0.4, 0.5) is 4.79 Å². The number of benzene rings is 3. The van der Waals surface area contributed by atoms with Gasteiger partial charge in [-0.3, -0.25) is 9.59 Å². The van der Waals surface area contributed by atoms with E-state index in [1.54, 1.807) is 25.7 Å². The summed E-state index contributed by atoms with van der Waals surface area (Å²) in [7, 11) is 0. The van der Waals surface area contributed by atoms with E-state index in [1.807, 2.05) is 99.6 Å². The zero-order chi connectivity index (χ0) is 33.1. The fourth-order valence-electron chi connectivity index (χ4n) is 5.35. The minimum Gasteiger partial charge on any atom is -0.444 e. The van der Waals surface area contributed by atoms with Crippen LogP contribution < -0.4 is 10.6 Å². The summed E-state index contributed by atoms with van der Waals surface area (Å²) in [6, 6.07) is 23.1. The quantitative estimate of drug-likeness (QED) is 0.210. The third-order valence-electron chi connectivity index (χ3n) is 7.73. The Hall–Kier alpha value is -4.13. The van der Waals surface area contributed by atoms with Gasteiger partial charge in [-0.15, -0.1) is 0 Å². The summed E-state index contributed by atoms with van der Waals surface area (Å²) in [5.41, 5.74) is 3.78. The van der Waals surface area contributed by atoms with E-state index in [0.717, 1.165) is 34.2 Å². The average Bonchev–Trinajstić information content (AvgIpc) is 2.98. The summed E-state index contributed by atoms with van der Waals surface area (Å²) in [6.45, 7) is 15.9. The van der Waals surface area contributed by atoms with Crippen molar-refractivity contribution in [2.75, 3.05) is 0 Å². The van der Waals surface area contributed by atoms with Gasteiger partial charge in [0.25, 0.3) is 0 Å². The van der Waals surface area contributed by atoms with Gasteiger partial charge in [0.2, 0.25) is 11.8 Å². The topological polar surface area (TPSA) is 87.7 Å². The molecule has 3 amide bonds. The van der Waals surface area contributed by atoms with Crippen molar-refractivity contribution in [3.63, 3.8) is 0 Å². The molecule has 2 N–H and O–H groups in total. The highest BCUT2D eigenvalue weighted by atomic mass is 16.6. The summed E-state index contributed by atoms with van der Waals surface area (Å²) in [4.78, 5) is 44.1. The van der Waals surface area contributed by atoms with Crippen molar-refractivity contribution in [3.8, 4) is 0 Å². The maximum Gasteiger partial charge on any atom is 0.408 e. The lowest BCUT2D eigenvalue weighted by molar-refractivity contribution is -0.145. The van der Waals surface area contributed by atoms with E-state index in [2.05, 4.69) is 24.5 Å². The zero-order valence-electron chi connectivity index (χ0n) is 28.2. The molecule has 242 valence electrons. The maximum absolute atomic E-state index is 14.9. The Kier molecular flexibility index (Phi) is 12.8. The van der Waals surface area contributed by atoms with E-state index in [4.69, 9.17) is 4.74 Å². The van der Waals surface area contributed by atoms with Crippen LogP contribution in [0.2, 0.25) is 0 Å². The van der Waals surface area contributed by atoms with E-state index < -0.39 is 23.8 Å². The molecular weight excluding hydrogens is 562 g/mol. The highest BCUT2D eigenvalue weighted by Gasteiger charge is 2.39. The number of nitrogens with one attached hydrogen (secondary N) is 2. The molecule has 0 spiro atoms. The van der Waals surface area contributed by atoms with E-state index in [1.165, 1.54) is 0 Å². The van der Waals surface area contributed by atoms with Crippen molar-refractivity contribution in [2.24, 2.45) is 5.92 Å². The number of ether oxygens (including phenoxy) is 1. The summed E-state index contributed by atoms with van der Waals surface area (Å²) in [6.07, 6.45) is 1.14. The molecule has 0 radical (unpaired) electrons. The first-order chi connectivity index (χ1) is 21.2. The number of amides is 3. The molecule has 3 unspecified atom stereocenters. The van der Waals surface area contributed by atoms with Gasteiger partial charge in [-0.25, -0.2) is 4.79 Å². The molecule has 3 atom stereocenters. The SMILES string of the molecule is Cc1ccc(C)c(C(C(=O)NCc2ccccc2)N(C(=O)C(Cc2ccccc2)NC(=O)OC(C)(C)C)C(C)CCC(C)C)c1. The molecule has 0 aliphatic rings. The van der Waals surface area contributed by atoms with Gasteiger partial charge in [-0.1, -0.05) is 98.3 Å². The monoisotopic (exact) mass is 613 g/mol. The number of hydrogen-bond donors (Lipinski definition) is 2. The van der Waals surface area contributed by atoms with Gasteiger partial charge in [0.05, 0.1) is 0 Å². The molecule has 0 heterocycles. The first-order valence-electron chi connectivity index (χ1n) is 16.0. The largest absolute Gasteiger partial charge is 0.444 e. The minimum absolute atomic E-state index is 0.247. The molecule has 7 heteroatoms. The first kappa shape index (κ1) is 35.4. The fourth-order valence-corrected chi connectivity index (χ4v) is 5.35. The zero-order valence-corrected chi connectivity index (χ0v) is 28.2. The highest BCUT2D eigenvalue weighted by molar-refractivity contribution is 5.92. The third-order valence-corrected chi connectivity index (χ3v) is 7.73. The molecule has 3 rings (SSSR count). The van der Waals surface area contributed by atoms with Crippen LogP contribution in [-0.2, 0) is 27.3 Å². The fraction of sp³-hybridized carbons (Fsp3) is 0.447. The summed E-state index contributed by atoms with van der Waals surface area (Å²) in [5.74, 6) is -0.190. The lowest BCUT2D eigenvalue weighted by Gasteiger charge is -2.39. The lowest BCUT2D eigenvalue weighted by Crippen LogP contribution is -2.56. The Morgan fingerprint density at radius 2 is 1.42 bits per heavy atom. The van der Waals surface area contributed by atoms with Crippen LogP contribution in [0.25, 0.3) is 0 Å². The molecule has 3 aromatic carbocycles. The van der Waals surface area contributed by atoms with Crippen LogP contribution in [0, 0.1) is 19.8 Å². The van der Waals surface area contributed by atoms with Crippen molar-refractivity contribution in [3.05, 3.63) is 107 Å². The minimum atomic E-state index is -0.960. The van der Waals surface area contributed by atoms with Crippen molar-refractivity contribution < 1.29 is 19.1 Å². The van der Waals surface area contributed by atoms with Gasteiger partial charge in [0.1, 0.15) is 17.7 Å². The number of nitrogens with zero attached hydrogens (tertiary/aromatic N) is 1. The number of carbonyl (C=O) groups excluding carboxylic acids is 3. The van der Waals surface area contributed by atoms with Gasteiger partial charge < -0.3 is 20.3 Å². The summed E-state index contributed by atoms with van der Waals surface area (Å²) < 4.78 is 5.59. The molecule has 0 aromatic heterocycles. The summed E-state index contributed by atoms with van der Waals surface area (Å²) in [5, 5.41) is 5.98. The van der Waals surface area contributed by atoms with E-state index in [-0.39, 0.29) is 24.3 Å². The molecule has 7 nitrogen and oxygen atoms in total. The van der Waals surface area contributed by atoms with Crippen LogP contribution in [0.5, 0.6) is 0 Å². The second-order valence-corrected chi connectivity index (χ2v) is 13.4. The predicted molar refractivity (Wildman–Crippen MR) is 181 cm³/mol. The Morgan fingerprint density at radius 3 is 2.00 bits per heavy atom. The Labute approximate surface area is 269 Å². The van der Waals surface area contributed by atoms with E-state index in [0.29, 0.717) is 18.9 Å². The molecule has 45 heavy (non-hydrogen) atoms. The smallest absolute Gasteiger partial charge is 0.408 e. The lowest BCUT2D eigenvalue weighted by atomic mass is 9.93. The third kappa shape index (κ3) is 11.1. The second kappa shape index (κ2) is 16.3. The van der Waals surface area contributed by atoms with Gasteiger partial charge in [-0.05, 0) is 82.6 Å². The van der Waals surface area contributed by atoms with Crippen LogP contribution in [0.3, 0.4) is 0 Å². The average molecular weight is 614 g/mol. The number of aryl methyl sites for hydroxylation is 2. The van der Waals surface area contributed by atoms with Crippen LogP contribution >= 0.6 is 0 Å². The predicted octanol–water partition coefficient (Wildman–Crippen LogP) is 7.45. The normalized spacial score (nSPS) is 13.4. The van der Waals surface area contributed by atoms with Crippen molar-refractivity contribution >= 4 is 17.9 Å². The maximum atomic E-state index is 14.9. The van der Waals surface area contributed by atoms with Gasteiger partial charge in [0, 0.05) is 19.0 Å². The molecule has 3 aromatic rings. The van der Waals surface area contributed by atoms with Crippen LogP contribution in [0.15, 0.2) is 78.9 Å². The second-order valence-electron chi connectivity index (χ2n) is 13.4. The molecule has 0 aliphatic carbocycles. The molecule has 0 fully saturated rings. The van der Waals surface area contributed by atoms with Crippen molar-refractivity contribution in [1.82, 2.24) is 15.5 Å². The standard InChI is InChI=1S/C38H51N3O4/c1-26(2)19-22-29(5)41(36(43)33(24-30-15-11-9-12-16-30)40-37(44)45-38(6,7)8)34(32-23-27(3)20-21-28(32)4)35(42)39-25-31-17-13-10-14-18-31/h9-18,20-21,23,26,29,33-34H,19,22,24-25H2,1-8H3,(H,39,42)(H,40,44). The summed E-state index contributed by atoms with van der Waals surface area (Å²) >= 11 is 0. The van der Waals surface area contributed by atoms with E-state index in [9.17, 15) is 14.4 Å². The van der Waals surface area contributed by atoms with Crippen molar-refractivity contribution in [1.29, 1.82) is 0 Å². The number of carbonyl (C=O) groups is 3. The number of alkyl carbamates (subject to hydrolysis) is 1. The molecular formula is C38H51N3O4. The van der Waals surface area contributed by atoms with Gasteiger partial charge in [-0.2, -0.15) is 0 Å². The van der Waals surface area contributed by atoms with Gasteiger partial charge in [0.15, 0.2) is 0 Å². The first-order valence-corrected chi connectivity index (χ1v) is 16.0. The molecule has 0 aliphatic heterocycles.